The van der Waals surface area contributed by atoms with Crippen LogP contribution in [0.2, 0.25) is 0 Å². The van der Waals surface area contributed by atoms with Gasteiger partial charge in [0.05, 0.1) is 0 Å². The molecule has 0 aliphatic carbocycles. The van der Waals surface area contributed by atoms with Gasteiger partial charge in [-0.3, -0.25) is 4.79 Å². The fourth-order valence-electron chi connectivity index (χ4n) is 3.65. The van der Waals surface area contributed by atoms with Gasteiger partial charge in [0.1, 0.15) is 5.75 Å². The van der Waals surface area contributed by atoms with Gasteiger partial charge in [0, 0.05) is 23.7 Å². The number of nitrogens with one attached hydrogen (secondary N) is 1. The predicted molar refractivity (Wildman–Crippen MR) is 77.8 cm³/mol. The van der Waals surface area contributed by atoms with Crippen LogP contribution in [0.4, 0.5) is 0 Å². The molecule has 1 aromatic carbocycles. The summed E-state index contributed by atoms with van der Waals surface area (Å²) in [5.74, 6) is 0.0615. The predicted octanol–water partition coefficient (Wildman–Crippen LogP) is 2.14. The minimum atomic E-state index is -0.0754. The first-order valence-corrected chi connectivity index (χ1v) is 7.45. The molecule has 2 atom stereocenters. The average Bonchev–Trinajstić information content (AvgIpc) is 2.40. The molecule has 2 aliphatic heterocycles. The lowest BCUT2D eigenvalue weighted by molar-refractivity contribution is 0.0463. The van der Waals surface area contributed by atoms with E-state index in [-0.39, 0.29) is 17.7 Å². The fourth-order valence-corrected chi connectivity index (χ4v) is 3.65. The number of phenolic OH excluding ortho intramolecular Hbond substituents is 1. The zero-order valence-electron chi connectivity index (χ0n) is 11.9. The third-order valence-electron chi connectivity index (χ3n) is 4.78. The van der Waals surface area contributed by atoms with E-state index in [0.717, 1.165) is 12.8 Å². The summed E-state index contributed by atoms with van der Waals surface area (Å²) in [6.45, 7) is 0. The maximum Gasteiger partial charge on any atom is 0.251 e. The summed E-state index contributed by atoms with van der Waals surface area (Å²) in [5, 5.41) is 12.6. The van der Waals surface area contributed by atoms with Crippen LogP contribution in [0.5, 0.6) is 5.75 Å². The van der Waals surface area contributed by atoms with Crippen LogP contribution < -0.4 is 5.32 Å². The smallest absolute Gasteiger partial charge is 0.251 e. The standard InChI is InChI=1S/C16H22N2O2/c1-18-13-5-3-6-14(18)10-12(9-13)17-16(20)11-4-2-7-15(19)8-11/h2,4,7-8,12-14,19H,3,5-6,9-10H2,1H3,(H,17,20). The van der Waals surface area contributed by atoms with Gasteiger partial charge in [-0.1, -0.05) is 12.5 Å². The number of fused-ring (bicyclic) bond motifs is 2. The first-order chi connectivity index (χ1) is 9.63. The van der Waals surface area contributed by atoms with Gasteiger partial charge >= 0.3 is 0 Å². The van der Waals surface area contributed by atoms with E-state index in [1.165, 1.54) is 25.3 Å². The molecule has 2 bridgehead atoms. The minimum Gasteiger partial charge on any atom is -0.508 e. The number of benzene rings is 1. The van der Waals surface area contributed by atoms with Crippen molar-refractivity contribution < 1.29 is 9.90 Å². The number of rotatable bonds is 2. The second-order valence-corrected chi connectivity index (χ2v) is 6.10. The first kappa shape index (κ1) is 13.4. The van der Waals surface area contributed by atoms with Gasteiger partial charge in [-0.25, -0.2) is 0 Å². The molecule has 3 rings (SSSR count). The Labute approximate surface area is 119 Å². The molecule has 4 heteroatoms. The van der Waals surface area contributed by atoms with E-state index in [1.807, 2.05) is 0 Å². The molecule has 2 aliphatic rings. The number of phenols is 1. The molecule has 2 unspecified atom stereocenters. The number of carbonyl (C=O) groups is 1. The van der Waals surface area contributed by atoms with E-state index < -0.39 is 0 Å². The van der Waals surface area contributed by atoms with Crippen LogP contribution in [-0.4, -0.2) is 41.1 Å². The van der Waals surface area contributed by atoms with Gasteiger partial charge in [-0.05, 0) is 50.9 Å². The maximum atomic E-state index is 12.2. The number of amides is 1. The van der Waals surface area contributed by atoms with Gasteiger partial charge in [0.2, 0.25) is 0 Å². The molecule has 2 fully saturated rings. The van der Waals surface area contributed by atoms with Crippen molar-refractivity contribution in [2.75, 3.05) is 7.05 Å². The zero-order chi connectivity index (χ0) is 14.1. The van der Waals surface area contributed by atoms with Crippen molar-refractivity contribution in [2.24, 2.45) is 0 Å². The Balaban J connectivity index is 1.65. The van der Waals surface area contributed by atoms with E-state index in [1.54, 1.807) is 18.2 Å². The van der Waals surface area contributed by atoms with Crippen LogP contribution in [0.3, 0.4) is 0 Å². The molecule has 0 spiro atoms. The SMILES string of the molecule is CN1C2CCCC1CC(NC(=O)c1cccc(O)c1)C2. The summed E-state index contributed by atoms with van der Waals surface area (Å²) in [5.41, 5.74) is 0.536. The molecule has 2 saturated heterocycles. The molecule has 20 heavy (non-hydrogen) atoms. The van der Waals surface area contributed by atoms with E-state index in [2.05, 4.69) is 17.3 Å². The summed E-state index contributed by atoms with van der Waals surface area (Å²) in [6.07, 6.45) is 5.87. The third-order valence-corrected chi connectivity index (χ3v) is 4.78. The van der Waals surface area contributed by atoms with Gasteiger partial charge in [0.15, 0.2) is 0 Å². The number of piperidine rings is 2. The summed E-state index contributed by atoms with van der Waals surface area (Å²) in [7, 11) is 2.21. The van der Waals surface area contributed by atoms with Crippen molar-refractivity contribution in [3.05, 3.63) is 29.8 Å². The number of hydrogen-bond donors (Lipinski definition) is 2. The fraction of sp³-hybridized carbons (Fsp3) is 0.562. The molecular formula is C16H22N2O2. The lowest BCUT2D eigenvalue weighted by Crippen LogP contribution is -2.55. The molecule has 2 heterocycles. The van der Waals surface area contributed by atoms with Crippen LogP contribution in [0.1, 0.15) is 42.5 Å². The highest BCUT2D eigenvalue weighted by Crippen LogP contribution is 2.32. The molecule has 0 saturated carbocycles. The number of carbonyl (C=O) groups excluding carboxylic acids is 1. The van der Waals surface area contributed by atoms with Crippen LogP contribution in [0.15, 0.2) is 24.3 Å². The normalized spacial score (nSPS) is 29.9. The highest BCUT2D eigenvalue weighted by molar-refractivity contribution is 5.94. The molecular weight excluding hydrogens is 252 g/mol. The number of hydrogen-bond acceptors (Lipinski definition) is 3. The largest absolute Gasteiger partial charge is 0.508 e. The van der Waals surface area contributed by atoms with Crippen molar-refractivity contribution in [3.63, 3.8) is 0 Å². The van der Waals surface area contributed by atoms with E-state index in [0.29, 0.717) is 17.6 Å². The zero-order valence-corrected chi connectivity index (χ0v) is 11.9. The van der Waals surface area contributed by atoms with Crippen LogP contribution in [0, 0.1) is 0 Å². The third kappa shape index (κ3) is 2.66. The second kappa shape index (κ2) is 5.44. The van der Waals surface area contributed by atoms with Crippen molar-refractivity contribution in [1.29, 1.82) is 0 Å². The van der Waals surface area contributed by atoms with Gasteiger partial charge < -0.3 is 15.3 Å². The van der Waals surface area contributed by atoms with Crippen LogP contribution in [-0.2, 0) is 0 Å². The molecule has 4 nitrogen and oxygen atoms in total. The Kier molecular flexibility index (Phi) is 3.66. The quantitative estimate of drug-likeness (QED) is 0.868. The highest BCUT2D eigenvalue weighted by atomic mass is 16.3. The van der Waals surface area contributed by atoms with Crippen LogP contribution in [0.25, 0.3) is 0 Å². The second-order valence-electron chi connectivity index (χ2n) is 6.10. The molecule has 1 amide bonds. The van der Waals surface area contributed by atoms with Crippen molar-refractivity contribution in [3.8, 4) is 5.75 Å². The lowest BCUT2D eigenvalue weighted by Gasteiger charge is -2.47. The molecule has 0 aromatic heterocycles. The monoisotopic (exact) mass is 274 g/mol. The Morgan fingerprint density at radius 3 is 2.65 bits per heavy atom. The first-order valence-electron chi connectivity index (χ1n) is 7.45. The summed E-state index contributed by atoms with van der Waals surface area (Å²) in [6, 6.07) is 8.02. The minimum absolute atomic E-state index is 0.0754. The summed E-state index contributed by atoms with van der Waals surface area (Å²) >= 11 is 0. The number of aromatic hydroxyl groups is 1. The Bertz CT molecular complexity index is 489. The number of nitrogens with zero attached hydrogens (tertiary/aromatic N) is 1. The van der Waals surface area contributed by atoms with Gasteiger partial charge in [0.25, 0.3) is 5.91 Å². The summed E-state index contributed by atoms with van der Waals surface area (Å²) < 4.78 is 0. The van der Waals surface area contributed by atoms with E-state index >= 15 is 0 Å². The topological polar surface area (TPSA) is 52.6 Å². The molecule has 1 aromatic rings. The lowest BCUT2D eigenvalue weighted by atomic mass is 9.82. The highest BCUT2D eigenvalue weighted by Gasteiger charge is 2.36. The van der Waals surface area contributed by atoms with Gasteiger partial charge in [-0.2, -0.15) is 0 Å². The molecule has 2 N–H and O–H groups in total. The van der Waals surface area contributed by atoms with Gasteiger partial charge in [-0.15, -0.1) is 0 Å². The molecule has 108 valence electrons. The Hall–Kier alpha value is -1.55. The Morgan fingerprint density at radius 1 is 1.30 bits per heavy atom. The Morgan fingerprint density at radius 2 is 2.00 bits per heavy atom. The van der Waals surface area contributed by atoms with Crippen LogP contribution >= 0.6 is 0 Å². The average molecular weight is 274 g/mol. The molecule has 0 radical (unpaired) electrons. The van der Waals surface area contributed by atoms with E-state index in [9.17, 15) is 9.90 Å². The van der Waals surface area contributed by atoms with E-state index in [4.69, 9.17) is 0 Å². The summed E-state index contributed by atoms with van der Waals surface area (Å²) in [4.78, 5) is 14.7. The maximum absolute atomic E-state index is 12.2. The van der Waals surface area contributed by atoms with Crippen molar-refractivity contribution >= 4 is 5.91 Å². The van der Waals surface area contributed by atoms with Crippen molar-refractivity contribution in [1.82, 2.24) is 10.2 Å². The van der Waals surface area contributed by atoms with Crippen molar-refractivity contribution in [2.45, 2.75) is 50.2 Å².